The van der Waals surface area contributed by atoms with Crippen molar-refractivity contribution in [1.29, 1.82) is 0 Å². The van der Waals surface area contributed by atoms with Gasteiger partial charge in [-0.05, 0) is 18.1 Å². The van der Waals surface area contributed by atoms with Crippen LogP contribution in [0.1, 0.15) is 11.5 Å². The van der Waals surface area contributed by atoms with Gasteiger partial charge in [0.05, 0.1) is 17.8 Å². The Kier molecular flexibility index (Phi) is 3.74. The third-order valence-corrected chi connectivity index (χ3v) is 3.49. The van der Waals surface area contributed by atoms with Crippen molar-refractivity contribution >= 4 is 5.97 Å². The van der Waals surface area contributed by atoms with E-state index in [-0.39, 0.29) is 6.42 Å². The van der Waals surface area contributed by atoms with Crippen LogP contribution in [-0.4, -0.2) is 21.0 Å². The summed E-state index contributed by atoms with van der Waals surface area (Å²) in [5.41, 5.74) is 4.53. The van der Waals surface area contributed by atoms with Gasteiger partial charge in [-0.25, -0.2) is 4.98 Å². The van der Waals surface area contributed by atoms with E-state index in [1.165, 1.54) is 0 Å². The fraction of sp³-hybridized carbons (Fsp3) is 0.111. The number of H-pyrrole nitrogens is 1. The summed E-state index contributed by atoms with van der Waals surface area (Å²) in [6.07, 6.45) is -0.0589. The summed E-state index contributed by atoms with van der Waals surface area (Å²) in [5.74, 6) is -0.149. The van der Waals surface area contributed by atoms with Crippen LogP contribution in [0.4, 0.5) is 0 Å². The maximum absolute atomic E-state index is 11.0. The molecule has 0 fully saturated rings. The molecule has 0 spiro atoms. The maximum Gasteiger partial charge on any atom is 0.309 e. The smallest absolute Gasteiger partial charge is 0.309 e. The average Bonchev–Trinajstić information content (AvgIpc) is 2.88. The summed E-state index contributed by atoms with van der Waals surface area (Å²) in [7, 11) is 0. The van der Waals surface area contributed by atoms with Gasteiger partial charge < -0.3 is 10.1 Å². The highest BCUT2D eigenvalue weighted by molar-refractivity contribution is 5.75. The molecule has 0 aliphatic rings. The Morgan fingerprint density at radius 3 is 2.23 bits per heavy atom. The summed E-state index contributed by atoms with van der Waals surface area (Å²) in [6.45, 7) is 1.83. The van der Waals surface area contributed by atoms with Crippen molar-refractivity contribution in [3.8, 4) is 22.4 Å². The molecule has 110 valence electrons. The molecule has 0 saturated carbocycles. The predicted octanol–water partition coefficient (Wildman–Crippen LogP) is 3.68. The Balaban J connectivity index is 1.95. The van der Waals surface area contributed by atoms with Gasteiger partial charge >= 0.3 is 5.97 Å². The van der Waals surface area contributed by atoms with Crippen LogP contribution in [0.2, 0.25) is 0 Å². The van der Waals surface area contributed by atoms with E-state index in [1.807, 2.05) is 49.4 Å². The lowest BCUT2D eigenvalue weighted by Crippen LogP contribution is -2.01. The standard InChI is InChI=1S/C18H16N2O2/c1-12-19-16(11-17(21)22)18(20-12)15-9-7-14(8-10-15)13-5-3-2-4-6-13/h2-10H,11H2,1H3,(H,19,20)(H,21,22). The number of carboxylic acids is 1. The molecule has 0 unspecified atom stereocenters. The highest BCUT2D eigenvalue weighted by Crippen LogP contribution is 2.26. The molecule has 0 amide bonds. The Hall–Kier alpha value is -2.88. The van der Waals surface area contributed by atoms with E-state index in [4.69, 9.17) is 5.11 Å². The van der Waals surface area contributed by atoms with Gasteiger partial charge in [-0.2, -0.15) is 0 Å². The van der Waals surface area contributed by atoms with Gasteiger partial charge in [0, 0.05) is 5.56 Å². The minimum absolute atomic E-state index is 0.0589. The van der Waals surface area contributed by atoms with E-state index >= 15 is 0 Å². The van der Waals surface area contributed by atoms with Gasteiger partial charge in [-0.15, -0.1) is 0 Å². The van der Waals surface area contributed by atoms with Crippen LogP contribution in [0.25, 0.3) is 22.4 Å². The molecule has 0 bridgehead atoms. The van der Waals surface area contributed by atoms with Crippen molar-refractivity contribution in [2.45, 2.75) is 13.3 Å². The molecule has 4 heteroatoms. The monoisotopic (exact) mass is 292 g/mol. The molecule has 3 rings (SSSR count). The quantitative estimate of drug-likeness (QED) is 0.771. The largest absolute Gasteiger partial charge is 0.481 e. The fourth-order valence-electron chi connectivity index (χ4n) is 2.51. The van der Waals surface area contributed by atoms with E-state index in [1.54, 1.807) is 0 Å². The molecule has 4 nitrogen and oxygen atoms in total. The van der Waals surface area contributed by atoms with Crippen molar-refractivity contribution in [1.82, 2.24) is 9.97 Å². The van der Waals surface area contributed by atoms with Gasteiger partial charge in [-0.3, -0.25) is 4.79 Å². The van der Waals surface area contributed by atoms with Crippen molar-refractivity contribution < 1.29 is 9.90 Å². The SMILES string of the molecule is Cc1nc(-c2ccc(-c3ccccc3)cc2)c(CC(=O)O)[nH]1. The third kappa shape index (κ3) is 2.91. The molecule has 1 aromatic heterocycles. The first-order valence-electron chi connectivity index (χ1n) is 7.06. The first kappa shape index (κ1) is 14.1. The molecule has 2 N–H and O–H groups in total. The Bertz CT molecular complexity index is 790. The Labute approximate surface area is 128 Å². The fourth-order valence-corrected chi connectivity index (χ4v) is 2.51. The predicted molar refractivity (Wildman–Crippen MR) is 85.5 cm³/mol. The molecule has 1 heterocycles. The highest BCUT2D eigenvalue weighted by atomic mass is 16.4. The lowest BCUT2D eigenvalue weighted by atomic mass is 10.0. The zero-order valence-electron chi connectivity index (χ0n) is 12.2. The van der Waals surface area contributed by atoms with E-state index < -0.39 is 5.97 Å². The van der Waals surface area contributed by atoms with Crippen LogP contribution in [0, 0.1) is 6.92 Å². The maximum atomic E-state index is 11.0. The van der Waals surface area contributed by atoms with E-state index in [0.29, 0.717) is 11.4 Å². The molecule has 0 radical (unpaired) electrons. The van der Waals surface area contributed by atoms with Gasteiger partial charge in [0.1, 0.15) is 5.82 Å². The number of aryl methyl sites for hydroxylation is 1. The van der Waals surface area contributed by atoms with Gasteiger partial charge in [0.2, 0.25) is 0 Å². The summed E-state index contributed by atoms with van der Waals surface area (Å²) in [5, 5.41) is 8.99. The zero-order valence-corrected chi connectivity index (χ0v) is 12.2. The van der Waals surface area contributed by atoms with Crippen LogP contribution in [0.15, 0.2) is 54.6 Å². The summed E-state index contributed by atoms with van der Waals surface area (Å²) in [4.78, 5) is 18.4. The minimum atomic E-state index is -0.870. The number of carbonyl (C=O) groups is 1. The Morgan fingerprint density at radius 1 is 1.00 bits per heavy atom. The number of benzene rings is 2. The van der Waals surface area contributed by atoms with Crippen molar-refractivity contribution in [3.63, 3.8) is 0 Å². The molecule has 2 aromatic carbocycles. The number of aliphatic carboxylic acids is 1. The lowest BCUT2D eigenvalue weighted by molar-refractivity contribution is -0.136. The second kappa shape index (κ2) is 5.85. The third-order valence-electron chi connectivity index (χ3n) is 3.49. The number of nitrogens with zero attached hydrogens (tertiary/aromatic N) is 1. The van der Waals surface area contributed by atoms with Crippen molar-refractivity contribution in [2.75, 3.05) is 0 Å². The number of hydrogen-bond donors (Lipinski definition) is 2. The van der Waals surface area contributed by atoms with E-state index in [9.17, 15) is 4.79 Å². The zero-order chi connectivity index (χ0) is 15.5. The van der Waals surface area contributed by atoms with Gasteiger partial charge in [0.25, 0.3) is 0 Å². The number of hydrogen-bond acceptors (Lipinski definition) is 2. The van der Waals surface area contributed by atoms with Crippen LogP contribution in [0.5, 0.6) is 0 Å². The molecule has 22 heavy (non-hydrogen) atoms. The van der Waals surface area contributed by atoms with Gasteiger partial charge in [0.15, 0.2) is 0 Å². The Morgan fingerprint density at radius 2 is 1.59 bits per heavy atom. The second-order valence-electron chi connectivity index (χ2n) is 5.16. The first-order valence-corrected chi connectivity index (χ1v) is 7.06. The van der Waals surface area contributed by atoms with Gasteiger partial charge in [-0.1, -0.05) is 54.6 Å². The first-order chi connectivity index (χ1) is 10.6. The average molecular weight is 292 g/mol. The molecular weight excluding hydrogens is 276 g/mol. The summed E-state index contributed by atoms with van der Waals surface area (Å²) < 4.78 is 0. The number of aromatic amines is 1. The molecule has 0 saturated heterocycles. The normalized spacial score (nSPS) is 10.6. The topological polar surface area (TPSA) is 66.0 Å². The highest BCUT2D eigenvalue weighted by Gasteiger charge is 2.13. The lowest BCUT2D eigenvalue weighted by Gasteiger charge is -2.04. The summed E-state index contributed by atoms with van der Waals surface area (Å²) in [6, 6.07) is 18.1. The van der Waals surface area contributed by atoms with Crippen LogP contribution >= 0.6 is 0 Å². The van der Waals surface area contributed by atoms with Crippen LogP contribution in [-0.2, 0) is 11.2 Å². The van der Waals surface area contributed by atoms with Crippen molar-refractivity contribution in [3.05, 3.63) is 66.1 Å². The number of aromatic nitrogens is 2. The van der Waals surface area contributed by atoms with E-state index in [2.05, 4.69) is 22.1 Å². The van der Waals surface area contributed by atoms with Crippen molar-refractivity contribution in [2.24, 2.45) is 0 Å². The number of rotatable bonds is 4. The molecule has 0 atom stereocenters. The minimum Gasteiger partial charge on any atom is -0.481 e. The number of nitrogens with one attached hydrogen (secondary N) is 1. The number of carboxylic acid groups (broad SMARTS) is 1. The van der Waals surface area contributed by atoms with Crippen LogP contribution in [0.3, 0.4) is 0 Å². The summed E-state index contributed by atoms with van der Waals surface area (Å²) >= 11 is 0. The molecule has 0 aliphatic carbocycles. The van der Waals surface area contributed by atoms with Crippen LogP contribution < -0.4 is 0 Å². The molecular formula is C18H16N2O2. The van der Waals surface area contributed by atoms with E-state index in [0.717, 1.165) is 22.5 Å². The second-order valence-corrected chi connectivity index (χ2v) is 5.16. The molecule has 0 aliphatic heterocycles. The number of imidazole rings is 1. The molecule has 3 aromatic rings.